The summed E-state index contributed by atoms with van der Waals surface area (Å²) in [5.74, 6) is -0.00395. The van der Waals surface area contributed by atoms with E-state index in [1.165, 1.54) is 24.3 Å². The van der Waals surface area contributed by atoms with E-state index in [0.29, 0.717) is 18.8 Å². The van der Waals surface area contributed by atoms with Crippen molar-refractivity contribution in [2.45, 2.75) is 13.1 Å². The van der Waals surface area contributed by atoms with Crippen LogP contribution in [-0.2, 0) is 13.1 Å². The molecule has 0 fully saturated rings. The molecule has 1 heterocycles. The highest BCUT2D eigenvalue weighted by molar-refractivity contribution is 5.71. The average molecular weight is 257 g/mol. The summed E-state index contributed by atoms with van der Waals surface area (Å²) < 4.78 is 18.0. The number of carbonyl (C=O) groups is 1. The summed E-state index contributed by atoms with van der Waals surface area (Å²) in [5.41, 5.74) is 2.28. The average Bonchev–Trinajstić information content (AvgIpc) is 2.85. The molecule has 0 saturated carbocycles. The van der Waals surface area contributed by atoms with Crippen LogP contribution in [0.5, 0.6) is 5.75 Å². The number of hydrogen-bond acceptors (Lipinski definition) is 2. The van der Waals surface area contributed by atoms with E-state index >= 15 is 0 Å². The summed E-state index contributed by atoms with van der Waals surface area (Å²) in [6, 6.07) is 13.3. The minimum atomic E-state index is -0.414. The number of amides is 1. The zero-order chi connectivity index (χ0) is 13.2. The van der Waals surface area contributed by atoms with Gasteiger partial charge in [-0.25, -0.2) is 9.18 Å². The van der Waals surface area contributed by atoms with Crippen molar-refractivity contribution in [3.63, 3.8) is 0 Å². The van der Waals surface area contributed by atoms with Gasteiger partial charge in [0.05, 0.1) is 0 Å². The molecule has 1 amide bonds. The van der Waals surface area contributed by atoms with Crippen molar-refractivity contribution in [2.75, 3.05) is 0 Å². The van der Waals surface area contributed by atoms with Crippen molar-refractivity contribution >= 4 is 6.09 Å². The fourth-order valence-electron chi connectivity index (χ4n) is 2.13. The molecule has 3 nitrogen and oxygen atoms in total. The first kappa shape index (κ1) is 11.7. The van der Waals surface area contributed by atoms with Gasteiger partial charge in [0.2, 0.25) is 0 Å². The molecule has 4 heteroatoms. The lowest BCUT2D eigenvalue weighted by molar-refractivity contribution is 0.152. The third-order valence-corrected chi connectivity index (χ3v) is 3.12. The Kier molecular flexibility index (Phi) is 2.91. The van der Waals surface area contributed by atoms with E-state index in [4.69, 9.17) is 4.74 Å². The monoisotopic (exact) mass is 257 g/mol. The van der Waals surface area contributed by atoms with E-state index in [2.05, 4.69) is 0 Å². The van der Waals surface area contributed by atoms with Crippen LogP contribution in [0.3, 0.4) is 0 Å². The first-order chi connectivity index (χ1) is 9.22. The molecule has 0 spiro atoms. The van der Waals surface area contributed by atoms with Crippen molar-refractivity contribution in [2.24, 2.45) is 0 Å². The van der Waals surface area contributed by atoms with Crippen LogP contribution in [0.1, 0.15) is 11.1 Å². The van der Waals surface area contributed by atoms with Crippen molar-refractivity contribution in [1.82, 2.24) is 4.90 Å². The van der Waals surface area contributed by atoms with Gasteiger partial charge in [-0.05, 0) is 35.4 Å². The summed E-state index contributed by atoms with van der Waals surface area (Å²) in [6.07, 6.45) is -0.414. The topological polar surface area (TPSA) is 29.5 Å². The molecule has 3 rings (SSSR count). The highest BCUT2D eigenvalue weighted by atomic mass is 19.1. The quantitative estimate of drug-likeness (QED) is 0.784. The Morgan fingerprint density at radius 1 is 1.00 bits per heavy atom. The normalized spacial score (nSPS) is 13.2. The first-order valence-corrected chi connectivity index (χ1v) is 6.01. The van der Waals surface area contributed by atoms with E-state index in [1.807, 2.05) is 24.3 Å². The predicted molar refractivity (Wildman–Crippen MR) is 68.1 cm³/mol. The SMILES string of the molecule is O=C(Oc1ccc(F)cc1)N1Cc2ccccc2C1. The van der Waals surface area contributed by atoms with Crippen LogP contribution in [0, 0.1) is 5.82 Å². The summed E-state index contributed by atoms with van der Waals surface area (Å²) in [7, 11) is 0. The highest BCUT2D eigenvalue weighted by Gasteiger charge is 2.24. The van der Waals surface area contributed by atoms with Crippen molar-refractivity contribution in [3.8, 4) is 5.75 Å². The van der Waals surface area contributed by atoms with Gasteiger partial charge in [-0.2, -0.15) is 0 Å². The lowest BCUT2D eigenvalue weighted by Crippen LogP contribution is -2.28. The Bertz CT molecular complexity index is 585. The second kappa shape index (κ2) is 4.72. The fraction of sp³-hybridized carbons (Fsp3) is 0.133. The molecule has 19 heavy (non-hydrogen) atoms. The zero-order valence-electron chi connectivity index (χ0n) is 10.2. The number of hydrogen-bond donors (Lipinski definition) is 0. The lowest BCUT2D eigenvalue weighted by Gasteiger charge is -2.14. The van der Waals surface area contributed by atoms with E-state index < -0.39 is 6.09 Å². The molecule has 1 aliphatic rings. The standard InChI is InChI=1S/C15H12FNO2/c16-13-5-7-14(8-6-13)19-15(18)17-9-11-3-1-2-4-12(11)10-17/h1-8H,9-10H2. The smallest absolute Gasteiger partial charge is 0.410 e. The van der Waals surface area contributed by atoms with Gasteiger partial charge < -0.3 is 4.74 Å². The number of carbonyl (C=O) groups excluding carboxylic acids is 1. The Morgan fingerprint density at radius 2 is 1.58 bits per heavy atom. The number of ether oxygens (including phenoxy) is 1. The molecule has 0 bridgehead atoms. The van der Waals surface area contributed by atoms with Gasteiger partial charge >= 0.3 is 6.09 Å². The van der Waals surface area contributed by atoms with Crippen LogP contribution in [0.4, 0.5) is 9.18 Å². The Labute approximate surface area is 110 Å². The number of fused-ring (bicyclic) bond motifs is 1. The maximum Gasteiger partial charge on any atom is 0.415 e. The van der Waals surface area contributed by atoms with Crippen LogP contribution < -0.4 is 4.74 Å². The minimum Gasteiger partial charge on any atom is -0.410 e. The van der Waals surface area contributed by atoms with Gasteiger partial charge in [0.1, 0.15) is 11.6 Å². The van der Waals surface area contributed by atoms with Crippen LogP contribution in [0.2, 0.25) is 0 Å². The summed E-state index contributed by atoms with van der Waals surface area (Å²) in [6.45, 7) is 1.10. The molecular formula is C15H12FNO2. The molecule has 0 atom stereocenters. The van der Waals surface area contributed by atoms with Crippen LogP contribution in [0.25, 0.3) is 0 Å². The Hall–Kier alpha value is -2.36. The van der Waals surface area contributed by atoms with Crippen molar-refractivity contribution in [1.29, 1.82) is 0 Å². The van der Waals surface area contributed by atoms with E-state index in [-0.39, 0.29) is 5.82 Å². The second-order valence-electron chi connectivity index (χ2n) is 4.45. The highest BCUT2D eigenvalue weighted by Crippen LogP contribution is 2.23. The first-order valence-electron chi connectivity index (χ1n) is 6.01. The van der Waals surface area contributed by atoms with Gasteiger partial charge in [-0.15, -0.1) is 0 Å². The summed E-state index contributed by atoms with van der Waals surface area (Å²) in [5, 5.41) is 0. The Morgan fingerprint density at radius 3 is 2.16 bits per heavy atom. The molecular weight excluding hydrogens is 245 g/mol. The van der Waals surface area contributed by atoms with Crippen LogP contribution in [0.15, 0.2) is 48.5 Å². The number of nitrogens with zero attached hydrogens (tertiary/aromatic N) is 1. The number of halogens is 1. The molecule has 1 aliphatic heterocycles. The van der Waals surface area contributed by atoms with Crippen LogP contribution >= 0.6 is 0 Å². The molecule has 2 aromatic carbocycles. The Balaban J connectivity index is 1.68. The maximum atomic E-state index is 12.8. The zero-order valence-corrected chi connectivity index (χ0v) is 10.2. The lowest BCUT2D eigenvalue weighted by atomic mass is 10.1. The number of rotatable bonds is 1. The van der Waals surface area contributed by atoms with E-state index in [1.54, 1.807) is 4.90 Å². The predicted octanol–water partition coefficient (Wildman–Crippen LogP) is 3.34. The second-order valence-corrected chi connectivity index (χ2v) is 4.45. The summed E-state index contributed by atoms with van der Waals surface area (Å²) in [4.78, 5) is 13.6. The van der Waals surface area contributed by atoms with Gasteiger partial charge in [0.25, 0.3) is 0 Å². The summed E-state index contributed by atoms with van der Waals surface area (Å²) >= 11 is 0. The molecule has 0 unspecified atom stereocenters. The largest absolute Gasteiger partial charge is 0.415 e. The fourth-order valence-corrected chi connectivity index (χ4v) is 2.13. The third-order valence-electron chi connectivity index (χ3n) is 3.12. The van der Waals surface area contributed by atoms with Crippen molar-refractivity contribution in [3.05, 3.63) is 65.5 Å². The molecule has 0 radical (unpaired) electrons. The van der Waals surface area contributed by atoms with Gasteiger partial charge in [-0.1, -0.05) is 24.3 Å². The molecule has 0 saturated heterocycles. The van der Waals surface area contributed by atoms with Gasteiger partial charge in [0.15, 0.2) is 0 Å². The molecule has 0 aliphatic carbocycles. The minimum absolute atomic E-state index is 0.349. The molecule has 0 aromatic heterocycles. The third kappa shape index (κ3) is 2.42. The van der Waals surface area contributed by atoms with Crippen LogP contribution in [-0.4, -0.2) is 11.0 Å². The molecule has 96 valence electrons. The molecule has 2 aromatic rings. The van der Waals surface area contributed by atoms with E-state index in [0.717, 1.165) is 11.1 Å². The van der Waals surface area contributed by atoms with Crippen molar-refractivity contribution < 1.29 is 13.9 Å². The van der Waals surface area contributed by atoms with Gasteiger partial charge in [-0.3, -0.25) is 4.90 Å². The molecule has 0 N–H and O–H groups in total. The van der Waals surface area contributed by atoms with E-state index in [9.17, 15) is 9.18 Å². The van der Waals surface area contributed by atoms with Gasteiger partial charge in [0, 0.05) is 13.1 Å². The number of benzene rings is 2. The maximum absolute atomic E-state index is 12.8.